The number of hydrogen-bond acceptors (Lipinski definition) is 0. The van der Waals surface area contributed by atoms with E-state index in [-0.39, 0.29) is 0 Å². The Morgan fingerprint density at radius 1 is 0.361 bits per heavy atom. The third-order valence-corrected chi connectivity index (χ3v) is 7.52. The van der Waals surface area contributed by atoms with E-state index in [0.29, 0.717) is 0 Å². The van der Waals surface area contributed by atoms with Crippen molar-refractivity contribution in [3.8, 4) is 33.4 Å². The van der Waals surface area contributed by atoms with E-state index in [2.05, 4.69) is 135 Å². The first kappa shape index (κ1) is 20.9. The lowest BCUT2D eigenvalue weighted by Crippen LogP contribution is -1.92. The van der Waals surface area contributed by atoms with E-state index in [4.69, 9.17) is 0 Å². The fraction of sp³-hybridized carbons (Fsp3) is 0.0556. The third kappa shape index (κ3) is 3.22. The second-order valence-corrected chi connectivity index (χ2v) is 9.94. The highest BCUT2D eigenvalue weighted by molar-refractivity contribution is 6.29. The Morgan fingerprint density at radius 2 is 0.889 bits per heavy atom. The van der Waals surface area contributed by atoms with Crippen molar-refractivity contribution < 1.29 is 0 Å². The Bertz CT molecular complexity index is 1890. The molecule has 36 heavy (non-hydrogen) atoms. The Balaban J connectivity index is 1.66. The summed E-state index contributed by atoms with van der Waals surface area (Å²) in [5, 5.41) is 7.95. The van der Waals surface area contributed by atoms with Crippen LogP contribution in [0.5, 0.6) is 0 Å². The van der Waals surface area contributed by atoms with E-state index < -0.39 is 0 Å². The summed E-state index contributed by atoms with van der Waals surface area (Å²) in [5.41, 5.74) is 10.2. The third-order valence-electron chi connectivity index (χ3n) is 7.52. The van der Waals surface area contributed by atoms with Crippen LogP contribution in [0.15, 0.2) is 121 Å². The largest absolute Gasteiger partial charge is 0.0622 e. The standard InChI is InChI=1S/C36H26/c1-23-8-6-12-27(20-23)29-16-14-26-15-17-31-34(28-13-7-9-24(2)21-28)22-33(25-10-4-3-5-11-25)32-19-18-30(29)35(26)36(31)32/h3-22H,1-2H3. The quantitative estimate of drug-likeness (QED) is 0.231. The number of aryl methyl sites for hydroxylation is 2. The minimum absolute atomic E-state index is 1.25. The van der Waals surface area contributed by atoms with E-state index in [0.717, 1.165) is 0 Å². The lowest BCUT2D eigenvalue weighted by atomic mass is 9.84. The van der Waals surface area contributed by atoms with Gasteiger partial charge in [-0.1, -0.05) is 126 Å². The van der Waals surface area contributed by atoms with Crippen molar-refractivity contribution >= 4 is 32.3 Å². The molecule has 0 saturated heterocycles. The Morgan fingerprint density at radius 3 is 1.56 bits per heavy atom. The maximum atomic E-state index is 2.40. The smallest absolute Gasteiger partial charge is 0.00141 e. The summed E-state index contributed by atoms with van der Waals surface area (Å²) in [6.07, 6.45) is 0. The minimum atomic E-state index is 1.25. The SMILES string of the molecule is Cc1cccc(-c2ccc3ccc4c(-c5cccc(C)c5)cc(-c5ccccc5)c5ccc2c3c54)c1. The van der Waals surface area contributed by atoms with E-state index in [1.165, 1.54) is 76.8 Å². The average Bonchev–Trinajstić information content (AvgIpc) is 2.91. The Labute approximate surface area is 211 Å². The maximum Gasteiger partial charge on any atom is -0.00141 e. The van der Waals surface area contributed by atoms with Gasteiger partial charge in [0.1, 0.15) is 0 Å². The average molecular weight is 459 g/mol. The van der Waals surface area contributed by atoms with Gasteiger partial charge in [0, 0.05) is 0 Å². The van der Waals surface area contributed by atoms with Gasteiger partial charge in [-0.3, -0.25) is 0 Å². The van der Waals surface area contributed by atoms with Gasteiger partial charge in [-0.25, -0.2) is 0 Å². The fourth-order valence-corrected chi connectivity index (χ4v) is 5.87. The molecule has 0 heteroatoms. The molecule has 7 aromatic rings. The predicted octanol–water partition coefficient (Wildman–Crippen LogP) is 10.2. The summed E-state index contributed by atoms with van der Waals surface area (Å²) in [4.78, 5) is 0. The first-order chi connectivity index (χ1) is 17.7. The van der Waals surface area contributed by atoms with Gasteiger partial charge in [0.05, 0.1) is 0 Å². The molecule has 0 unspecified atom stereocenters. The lowest BCUT2D eigenvalue weighted by molar-refractivity contribution is 1.47. The van der Waals surface area contributed by atoms with Gasteiger partial charge in [0.2, 0.25) is 0 Å². The molecule has 0 spiro atoms. The molecule has 0 heterocycles. The van der Waals surface area contributed by atoms with Crippen molar-refractivity contribution in [1.29, 1.82) is 0 Å². The van der Waals surface area contributed by atoms with Crippen molar-refractivity contribution in [3.63, 3.8) is 0 Å². The molecular formula is C36H26. The molecule has 0 nitrogen and oxygen atoms in total. The summed E-state index contributed by atoms with van der Waals surface area (Å²) in [6.45, 7) is 4.34. The highest BCUT2D eigenvalue weighted by atomic mass is 14.2. The van der Waals surface area contributed by atoms with Gasteiger partial charge in [0.25, 0.3) is 0 Å². The van der Waals surface area contributed by atoms with Crippen LogP contribution in [0.1, 0.15) is 11.1 Å². The van der Waals surface area contributed by atoms with Crippen LogP contribution in [0.2, 0.25) is 0 Å². The van der Waals surface area contributed by atoms with Gasteiger partial charge in [0.15, 0.2) is 0 Å². The van der Waals surface area contributed by atoms with Crippen LogP contribution in [-0.2, 0) is 0 Å². The number of hydrogen-bond donors (Lipinski definition) is 0. The van der Waals surface area contributed by atoms with Crippen molar-refractivity contribution in [2.75, 3.05) is 0 Å². The molecule has 0 radical (unpaired) electrons. The zero-order chi connectivity index (χ0) is 24.2. The Kier molecular flexibility index (Phi) is 4.69. The maximum absolute atomic E-state index is 2.40. The van der Waals surface area contributed by atoms with Crippen LogP contribution in [0.25, 0.3) is 65.7 Å². The van der Waals surface area contributed by atoms with Crippen molar-refractivity contribution in [1.82, 2.24) is 0 Å². The normalized spacial score (nSPS) is 11.6. The minimum Gasteiger partial charge on any atom is -0.0622 e. The Hall–Kier alpha value is -4.42. The molecule has 7 aromatic carbocycles. The van der Waals surface area contributed by atoms with E-state index in [9.17, 15) is 0 Å². The fourth-order valence-electron chi connectivity index (χ4n) is 5.87. The van der Waals surface area contributed by atoms with Crippen LogP contribution < -0.4 is 0 Å². The molecule has 0 aliphatic rings. The highest BCUT2D eigenvalue weighted by Gasteiger charge is 2.18. The van der Waals surface area contributed by atoms with Gasteiger partial charge >= 0.3 is 0 Å². The molecule has 0 bridgehead atoms. The van der Waals surface area contributed by atoms with Crippen LogP contribution in [0, 0.1) is 13.8 Å². The summed E-state index contributed by atoms with van der Waals surface area (Å²) in [7, 11) is 0. The molecule has 0 N–H and O–H groups in total. The summed E-state index contributed by atoms with van der Waals surface area (Å²) in [6, 6.07) is 44.8. The second kappa shape index (κ2) is 8.07. The summed E-state index contributed by atoms with van der Waals surface area (Å²) < 4.78 is 0. The van der Waals surface area contributed by atoms with Crippen molar-refractivity contribution in [3.05, 3.63) is 132 Å². The molecule has 0 aliphatic carbocycles. The summed E-state index contributed by atoms with van der Waals surface area (Å²) >= 11 is 0. The molecule has 0 fully saturated rings. The van der Waals surface area contributed by atoms with E-state index in [1.54, 1.807) is 0 Å². The second-order valence-electron chi connectivity index (χ2n) is 9.94. The zero-order valence-corrected chi connectivity index (χ0v) is 20.5. The van der Waals surface area contributed by atoms with Crippen molar-refractivity contribution in [2.45, 2.75) is 13.8 Å². The van der Waals surface area contributed by atoms with Gasteiger partial charge in [-0.2, -0.15) is 0 Å². The van der Waals surface area contributed by atoms with Crippen LogP contribution in [0.3, 0.4) is 0 Å². The molecule has 0 amide bonds. The number of benzene rings is 7. The molecule has 0 aromatic heterocycles. The molecule has 0 aliphatic heterocycles. The van der Waals surface area contributed by atoms with E-state index >= 15 is 0 Å². The van der Waals surface area contributed by atoms with Gasteiger partial charge in [-0.15, -0.1) is 0 Å². The molecule has 0 atom stereocenters. The first-order valence-corrected chi connectivity index (χ1v) is 12.6. The van der Waals surface area contributed by atoms with Crippen LogP contribution in [0.4, 0.5) is 0 Å². The molecular weight excluding hydrogens is 432 g/mol. The highest BCUT2D eigenvalue weighted by Crippen LogP contribution is 2.45. The zero-order valence-electron chi connectivity index (χ0n) is 20.5. The molecule has 7 rings (SSSR count). The van der Waals surface area contributed by atoms with Gasteiger partial charge < -0.3 is 0 Å². The summed E-state index contributed by atoms with van der Waals surface area (Å²) in [5.74, 6) is 0. The van der Waals surface area contributed by atoms with Crippen LogP contribution >= 0.6 is 0 Å². The first-order valence-electron chi connectivity index (χ1n) is 12.6. The molecule has 0 saturated carbocycles. The van der Waals surface area contributed by atoms with Gasteiger partial charge in [-0.05, 0) is 85.6 Å². The van der Waals surface area contributed by atoms with Crippen LogP contribution in [-0.4, -0.2) is 0 Å². The van der Waals surface area contributed by atoms with Crippen molar-refractivity contribution in [2.24, 2.45) is 0 Å². The molecule has 170 valence electrons. The van der Waals surface area contributed by atoms with E-state index in [1.807, 2.05) is 0 Å². The topological polar surface area (TPSA) is 0 Å². The number of rotatable bonds is 3. The monoisotopic (exact) mass is 458 g/mol. The lowest BCUT2D eigenvalue weighted by Gasteiger charge is -2.19. The predicted molar refractivity (Wildman–Crippen MR) is 156 cm³/mol.